The van der Waals surface area contributed by atoms with E-state index in [2.05, 4.69) is 17.0 Å². The molecule has 0 spiro atoms. The quantitative estimate of drug-likeness (QED) is 0.725. The molecule has 6 nitrogen and oxygen atoms in total. The van der Waals surface area contributed by atoms with E-state index in [-0.39, 0.29) is 11.9 Å². The molecular formula is C22H27N3O3S. The van der Waals surface area contributed by atoms with Crippen LogP contribution in [0.5, 0.6) is 0 Å². The molecule has 1 atom stereocenters. The standard InChI is InChI=1S/C22H27N3O3S/c26-22-21(12-14-24(22)13-11-19-7-3-1-4-8-19)23-15-17-25(18-16-23)29(27,28)20-9-5-2-6-10-20/h1-10,21H,11-18H2. The number of hydrogen-bond acceptors (Lipinski definition) is 4. The first-order valence-corrected chi connectivity index (χ1v) is 11.6. The SMILES string of the molecule is O=C1C(N2CCN(S(=O)(=O)c3ccccc3)CC2)CCN1CCc1ccccc1. The number of hydrogen-bond donors (Lipinski definition) is 0. The molecule has 29 heavy (non-hydrogen) atoms. The molecule has 1 unspecified atom stereocenters. The van der Waals surface area contributed by atoms with Crippen molar-refractivity contribution in [3.8, 4) is 0 Å². The third-order valence-corrected chi connectivity index (χ3v) is 7.79. The first-order valence-electron chi connectivity index (χ1n) is 10.2. The summed E-state index contributed by atoms with van der Waals surface area (Å²) in [5, 5.41) is 0. The zero-order valence-electron chi connectivity index (χ0n) is 16.5. The summed E-state index contributed by atoms with van der Waals surface area (Å²) in [6, 6.07) is 18.7. The molecule has 1 amide bonds. The summed E-state index contributed by atoms with van der Waals surface area (Å²) in [6.07, 6.45) is 1.68. The van der Waals surface area contributed by atoms with Gasteiger partial charge in [-0.05, 0) is 30.5 Å². The van der Waals surface area contributed by atoms with Crippen LogP contribution in [0.3, 0.4) is 0 Å². The van der Waals surface area contributed by atoms with Gasteiger partial charge in [0.25, 0.3) is 0 Å². The molecule has 2 aliphatic heterocycles. The molecule has 7 heteroatoms. The van der Waals surface area contributed by atoms with Gasteiger partial charge in [0.1, 0.15) is 0 Å². The van der Waals surface area contributed by atoms with Crippen LogP contribution in [0.15, 0.2) is 65.6 Å². The molecule has 2 aliphatic rings. The Kier molecular flexibility index (Phi) is 5.99. The molecule has 0 aliphatic carbocycles. The van der Waals surface area contributed by atoms with Crippen LogP contribution in [0.25, 0.3) is 0 Å². The summed E-state index contributed by atoms with van der Waals surface area (Å²) in [7, 11) is -3.46. The van der Waals surface area contributed by atoms with Crippen molar-refractivity contribution in [2.75, 3.05) is 39.3 Å². The number of amides is 1. The zero-order valence-corrected chi connectivity index (χ0v) is 17.3. The highest BCUT2D eigenvalue weighted by Gasteiger charge is 2.38. The van der Waals surface area contributed by atoms with Crippen LogP contribution >= 0.6 is 0 Å². The zero-order chi connectivity index (χ0) is 20.3. The van der Waals surface area contributed by atoms with Crippen molar-refractivity contribution >= 4 is 15.9 Å². The van der Waals surface area contributed by atoms with Crippen molar-refractivity contribution in [3.63, 3.8) is 0 Å². The smallest absolute Gasteiger partial charge is 0.243 e. The third-order valence-electron chi connectivity index (χ3n) is 5.88. The van der Waals surface area contributed by atoms with Gasteiger partial charge in [0.2, 0.25) is 15.9 Å². The van der Waals surface area contributed by atoms with Crippen molar-refractivity contribution < 1.29 is 13.2 Å². The number of carbonyl (C=O) groups excluding carboxylic acids is 1. The Balaban J connectivity index is 1.31. The van der Waals surface area contributed by atoms with E-state index in [1.807, 2.05) is 29.2 Å². The highest BCUT2D eigenvalue weighted by atomic mass is 32.2. The van der Waals surface area contributed by atoms with Crippen LogP contribution in [-0.2, 0) is 21.2 Å². The lowest BCUT2D eigenvalue weighted by Gasteiger charge is -2.36. The van der Waals surface area contributed by atoms with Crippen LogP contribution < -0.4 is 0 Å². The van der Waals surface area contributed by atoms with Crippen molar-refractivity contribution in [2.24, 2.45) is 0 Å². The second-order valence-electron chi connectivity index (χ2n) is 7.62. The molecule has 0 radical (unpaired) electrons. The lowest BCUT2D eigenvalue weighted by molar-refractivity contribution is -0.132. The maximum atomic E-state index is 12.9. The maximum absolute atomic E-state index is 12.9. The average molecular weight is 414 g/mol. The van der Waals surface area contributed by atoms with E-state index < -0.39 is 10.0 Å². The first-order chi connectivity index (χ1) is 14.1. The molecular weight excluding hydrogens is 386 g/mol. The normalized spacial score (nSPS) is 21.6. The van der Waals surface area contributed by atoms with Gasteiger partial charge in [0.05, 0.1) is 10.9 Å². The minimum absolute atomic E-state index is 0.118. The fourth-order valence-corrected chi connectivity index (χ4v) is 5.63. The summed E-state index contributed by atoms with van der Waals surface area (Å²) in [5.74, 6) is 0.181. The Morgan fingerprint density at radius 2 is 1.45 bits per heavy atom. The predicted octanol–water partition coefficient (Wildman–Crippen LogP) is 1.84. The van der Waals surface area contributed by atoms with Gasteiger partial charge in [0, 0.05) is 39.3 Å². The monoisotopic (exact) mass is 413 g/mol. The Hall–Kier alpha value is -2.22. The molecule has 2 aromatic carbocycles. The fraction of sp³-hybridized carbons (Fsp3) is 0.409. The van der Waals surface area contributed by atoms with Crippen LogP contribution in [0.1, 0.15) is 12.0 Å². The van der Waals surface area contributed by atoms with Gasteiger partial charge >= 0.3 is 0 Å². The van der Waals surface area contributed by atoms with E-state index in [0.717, 1.165) is 25.9 Å². The van der Waals surface area contributed by atoms with Gasteiger partial charge in [-0.3, -0.25) is 9.69 Å². The summed E-state index contributed by atoms with van der Waals surface area (Å²) in [6.45, 7) is 3.54. The van der Waals surface area contributed by atoms with E-state index in [1.165, 1.54) is 9.87 Å². The van der Waals surface area contributed by atoms with E-state index in [4.69, 9.17) is 0 Å². The molecule has 0 aromatic heterocycles. The summed E-state index contributed by atoms with van der Waals surface area (Å²) in [4.78, 5) is 17.3. The lowest BCUT2D eigenvalue weighted by atomic mass is 10.1. The summed E-state index contributed by atoms with van der Waals surface area (Å²) < 4.78 is 27.1. The molecule has 154 valence electrons. The van der Waals surface area contributed by atoms with Crippen LogP contribution in [0, 0.1) is 0 Å². The minimum Gasteiger partial charge on any atom is -0.341 e. The van der Waals surface area contributed by atoms with Gasteiger partial charge in [-0.2, -0.15) is 4.31 Å². The van der Waals surface area contributed by atoms with Gasteiger partial charge in [-0.1, -0.05) is 48.5 Å². The molecule has 0 N–H and O–H groups in total. The second-order valence-corrected chi connectivity index (χ2v) is 9.56. The number of nitrogens with zero attached hydrogens (tertiary/aromatic N) is 3. The third kappa shape index (κ3) is 4.37. The first kappa shape index (κ1) is 20.1. The number of rotatable bonds is 6. The van der Waals surface area contributed by atoms with Gasteiger partial charge in [0.15, 0.2) is 0 Å². The average Bonchev–Trinajstić information content (AvgIpc) is 3.14. The Morgan fingerprint density at radius 1 is 0.828 bits per heavy atom. The molecule has 0 saturated carbocycles. The number of likely N-dealkylation sites (tertiary alicyclic amines) is 1. The van der Waals surface area contributed by atoms with E-state index >= 15 is 0 Å². The van der Waals surface area contributed by atoms with Crippen LogP contribution in [0.2, 0.25) is 0 Å². The lowest BCUT2D eigenvalue weighted by Crippen LogP contribution is -2.53. The van der Waals surface area contributed by atoms with E-state index in [9.17, 15) is 13.2 Å². The highest BCUT2D eigenvalue weighted by Crippen LogP contribution is 2.22. The Bertz CT molecular complexity index is 926. The van der Waals surface area contributed by atoms with Gasteiger partial charge < -0.3 is 4.90 Å². The molecule has 0 bridgehead atoms. The molecule has 2 saturated heterocycles. The Labute approximate surface area is 172 Å². The predicted molar refractivity (Wildman–Crippen MR) is 112 cm³/mol. The number of piperazine rings is 1. The molecule has 2 aromatic rings. The maximum Gasteiger partial charge on any atom is 0.243 e. The number of sulfonamides is 1. The van der Waals surface area contributed by atoms with Crippen LogP contribution in [0.4, 0.5) is 0 Å². The van der Waals surface area contributed by atoms with Crippen LogP contribution in [-0.4, -0.2) is 73.7 Å². The second kappa shape index (κ2) is 8.65. The highest BCUT2D eigenvalue weighted by molar-refractivity contribution is 7.89. The summed E-state index contributed by atoms with van der Waals surface area (Å²) >= 11 is 0. The van der Waals surface area contributed by atoms with Crippen molar-refractivity contribution in [2.45, 2.75) is 23.8 Å². The topological polar surface area (TPSA) is 60.9 Å². The van der Waals surface area contributed by atoms with Gasteiger partial charge in [-0.15, -0.1) is 0 Å². The van der Waals surface area contributed by atoms with Crippen molar-refractivity contribution in [1.29, 1.82) is 0 Å². The number of carbonyl (C=O) groups is 1. The van der Waals surface area contributed by atoms with Crippen molar-refractivity contribution in [3.05, 3.63) is 66.2 Å². The largest absolute Gasteiger partial charge is 0.341 e. The molecule has 2 heterocycles. The van der Waals surface area contributed by atoms with Crippen molar-refractivity contribution in [1.82, 2.24) is 14.1 Å². The van der Waals surface area contributed by atoms with Gasteiger partial charge in [-0.25, -0.2) is 8.42 Å². The fourth-order valence-electron chi connectivity index (χ4n) is 4.19. The van der Waals surface area contributed by atoms with E-state index in [1.54, 1.807) is 24.3 Å². The Morgan fingerprint density at radius 3 is 2.10 bits per heavy atom. The minimum atomic E-state index is -3.46. The number of benzene rings is 2. The van der Waals surface area contributed by atoms with E-state index in [0.29, 0.717) is 31.1 Å². The molecule has 4 rings (SSSR count). The molecule has 2 fully saturated rings. The summed E-state index contributed by atoms with van der Waals surface area (Å²) in [5.41, 5.74) is 1.24.